The van der Waals surface area contributed by atoms with Gasteiger partial charge >= 0.3 is 13.8 Å². The van der Waals surface area contributed by atoms with Gasteiger partial charge in [0.1, 0.15) is 19.3 Å². The van der Waals surface area contributed by atoms with Crippen molar-refractivity contribution in [2.45, 2.75) is 315 Å². The number of phosphoric ester groups is 1. The van der Waals surface area contributed by atoms with Crippen LogP contribution in [0.1, 0.15) is 303 Å². The van der Waals surface area contributed by atoms with Crippen molar-refractivity contribution in [2.75, 3.05) is 40.9 Å². The zero-order chi connectivity index (χ0) is 59.3. The lowest BCUT2D eigenvalue weighted by molar-refractivity contribution is -0.870. The second kappa shape index (κ2) is 60.3. The number of amides is 1. The van der Waals surface area contributed by atoms with Crippen LogP contribution in [0.4, 0.5) is 0 Å². The predicted octanol–water partition coefficient (Wildman–Crippen LogP) is 21.3. The van der Waals surface area contributed by atoms with Crippen molar-refractivity contribution in [2.24, 2.45) is 0 Å². The number of hydrogen-bond acceptors (Lipinski definition) is 6. The minimum atomic E-state index is -4.47. The van der Waals surface area contributed by atoms with Crippen LogP contribution < -0.4 is 5.32 Å². The smallest absolute Gasteiger partial charge is 0.456 e. The Labute approximate surface area is 501 Å². The fourth-order valence-electron chi connectivity index (χ4n) is 9.55. The fraction of sp³-hybridized carbons (Fsp3) is 0.775. The van der Waals surface area contributed by atoms with E-state index >= 15 is 0 Å². The highest BCUT2D eigenvalue weighted by atomic mass is 31.2. The highest BCUT2D eigenvalue weighted by Crippen LogP contribution is 2.43. The van der Waals surface area contributed by atoms with E-state index in [1.54, 1.807) is 0 Å². The molecule has 0 spiro atoms. The molecule has 0 radical (unpaired) electrons. The second-order valence-corrected chi connectivity index (χ2v) is 25.4. The summed E-state index contributed by atoms with van der Waals surface area (Å²) in [5.74, 6) is -0.565. The number of likely N-dealkylation sites (N-methyl/N-ethyl adjacent to an activating group) is 1. The summed E-state index contributed by atoms with van der Waals surface area (Å²) in [5, 5.41) is 3.03. The topological polar surface area (TPSA) is 111 Å². The third-order valence-electron chi connectivity index (χ3n) is 14.8. The number of esters is 1. The van der Waals surface area contributed by atoms with Gasteiger partial charge in [0.15, 0.2) is 0 Å². The Morgan fingerprint density at radius 3 is 1.17 bits per heavy atom. The normalized spacial score (nSPS) is 14.1. The Morgan fingerprint density at radius 2 is 0.765 bits per heavy atom. The van der Waals surface area contributed by atoms with Gasteiger partial charge in [-0.1, -0.05) is 273 Å². The molecule has 9 nitrogen and oxygen atoms in total. The summed E-state index contributed by atoms with van der Waals surface area (Å²) in [4.78, 5) is 37.8. The van der Waals surface area contributed by atoms with Crippen LogP contribution in [0, 0.1) is 0 Å². The average molecular weight is 1150 g/mol. The molecule has 1 amide bonds. The van der Waals surface area contributed by atoms with E-state index in [4.69, 9.17) is 13.8 Å². The molecule has 0 saturated carbocycles. The van der Waals surface area contributed by atoms with Gasteiger partial charge in [0.05, 0.1) is 33.8 Å². The van der Waals surface area contributed by atoms with Gasteiger partial charge in [-0.2, -0.15) is 0 Å². The number of ether oxygens (including phenoxy) is 1. The highest BCUT2D eigenvalue weighted by Gasteiger charge is 2.30. The molecule has 0 aromatic carbocycles. The molecule has 470 valence electrons. The molecular weight excluding hydrogens is 1020 g/mol. The Bertz CT molecular complexity index is 1660. The van der Waals surface area contributed by atoms with Crippen molar-refractivity contribution in [3.05, 3.63) is 85.1 Å². The zero-order valence-electron chi connectivity index (χ0n) is 53.8. The van der Waals surface area contributed by atoms with Crippen molar-refractivity contribution in [3.63, 3.8) is 0 Å². The number of rotatable bonds is 61. The number of carbonyl (C=O) groups is 2. The lowest BCUT2D eigenvalue weighted by Gasteiger charge is -2.27. The third-order valence-corrected chi connectivity index (χ3v) is 15.8. The lowest BCUT2D eigenvalue weighted by Crippen LogP contribution is -2.47. The fourth-order valence-corrected chi connectivity index (χ4v) is 10.3. The van der Waals surface area contributed by atoms with Crippen LogP contribution in [-0.2, 0) is 27.9 Å². The molecule has 0 saturated heterocycles. The minimum Gasteiger partial charge on any atom is -0.456 e. The maximum atomic E-state index is 13.5. The van der Waals surface area contributed by atoms with Crippen LogP contribution >= 0.6 is 7.82 Å². The molecule has 0 aromatic rings. The van der Waals surface area contributed by atoms with E-state index in [1.165, 1.54) is 193 Å². The van der Waals surface area contributed by atoms with E-state index in [0.717, 1.165) is 70.6 Å². The molecule has 3 atom stereocenters. The molecule has 0 aromatic heterocycles. The highest BCUT2D eigenvalue weighted by molar-refractivity contribution is 7.47. The van der Waals surface area contributed by atoms with Crippen LogP contribution in [0.15, 0.2) is 85.1 Å². The van der Waals surface area contributed by atoms with Crippen LogP contribution in [0.25, 0.3) is 0 Å². The molecule has 3 unspecified atom stereocenters. The van der Waals surface area contributed by atoms with E-state index in [0.29, 0.717) is 17.4 Å². The van der Waals surface area contributed by atoms with Crippen LogP contribution in [0.5, 0.6) is 0 Å². The van der Waals surface area contributed by atoms with Gasteiger partial charge in [-0.25, -0.2) is 4.57 Å². The van der Waals surface area contributed by atoms with Gasteiger partial charge in [0.2, 0.25) is 5.91 Å². The summed E-state index contributed by atoms with van der Waals surface area (Å²) in [5.41, 5.74) is 0. The molecule has 0 rings (SSSR count). The first kappa shape index (κ1) is 78.2. The molecule has 0 aliphatic rings. The van der Waals surface area contributed by atoms with Crippen molar-refractivity contribution in [1.29, 1.82) is 0 Å². The Balaban J connectivity index is 5.18. The van der Waals surface area contributed by atoms with Gasteiger partial charge < -0.3 is 19.4 Å². The Kier molecular flexibility index (Phi) is 58.2. The molecule has 2 N–H and O–H groups in total. The quantitative estimate of drug-likeness (QED) is 0.0205. The molecule has 0 fully saturated rings. The maximum Gasteiger partial charge on any atom is 0.472 e. The number of nitrogens with zero attached hydrogens (tertiary/aromatic N) is 1. The lowest BCUT2D eigenvalue weighted by atomic mass is 10.0. The number of unbranched alkanes of at least 4 members (excludes halogenated alkanes) is 33. The maximum absolute atomic E-state index is 13.5. The third kappa shape index (κ3) is 61.6. The molecular formula is C71H130N2O7P+. The monoisotopic (exact) mass is 1150 g/mol. The number of carbonyl (C=O) groups excluding carboxylic acids is 2. The molecule has 0 aliphatic carbocycles. The van der Waals surface area contributed by atoms with E-state index in [9.17, 15) is 19.0 Å². The van der Waals surface area contributed by atoms with Crippen LogP contribution in [0.3, 0.4) is 0 Å². The SMILES string of the molecule is CCCCC/C=C\C/C=C\C/C=C\C/C=C\CCCC(=O)NC(COP(=O)(O)OCC[N+](C)(C)C)C(/C=C\CCCCCCCCCCCCC)OC(=O)CCCCCCCCCCCCCCCCC/C=C\C/C=C\CCCCC. The Hall–Kier alpha value is -2.81. The minimum absolute atomic E-state index is 0.0280. The largest absolute Gasteiger partial charge is 0.472 e. The van der Waals surface area contributed by atoms with Crippen molar-refractivity contribution in [3.8, 4) is 0 Å². The second-order valence-electron chi connectivity index (χ2n) is 24.0. The van der Waals surface area contributed by atoms with Crippen LogP contribution in [-0.4, -0.2) is 74.3 Å². The number of hydrogen-bond donors (Lipinski definition) is 2. The van der Waals surface area contributed by atoms with Gasteiger partial charge in [0, 0.05) is 12.8 Å². The van der Waals surface area contributed by atoms with E-state index in [-0.39, 0.29) is 37.9 Å². The van der Waals surface area contributed by atoms with Crippen molar-refractivity contribution < 1.29 is 37.3 Å². The number of allylic oxidation sites excluding steroid dienone is 13. The summed E-state index contributed by atoms with van der Waals surface area (Å²) in [6.07, 6.45) is 80.3. The van der Waals surface area contributed by atoms with E-state index < -0.39 is 20.0 Å². The summed E-state index contributed by atoms with van der Waals surface area (Å²) < 4.78 is 30.7. The van der Waals surface area contributed by atoms with E-state index in [1.807, 2.05) is 33.3 Å². The molecule has 0 bridgehead atoms. The van der Waals surface area contributed by atoms with Gasteiger partial charge in [-0.15, -0.1) is 0 Å². The predicted molar refractivity (Wildman–Crippen MR) is 351 cm³/mol. The van der Waals surface area contributed by atoms with Crippen LogP contribution in [0.2, 0.25) is 0 Å². The number of phosphoric acid groups is 1. The first-order chi connectivity index (χ1) is 39.4. The molecule has 10 heteroatoms. The Morgan fingerprint density at radius 1 is 0.432 bits per heavy atom. The number of nitrogens with one attached hydrogen (secondary N) is 1. The van der Waals surface area contributed by atoms with Gasteiger partial charge in [-0.3, -0.25) is 18.6 Å². The molecule has 0 heterocycles. The standard InChI is InChI=1S/C71H129N2O7P/c1-7-10-13-16-19-22-25-28-30-32-33-34-35-36-37-38-39-41-43-46-49-52-55-58-61-64-71(75)80-69(62-59-56-53-50-47-44-27-24-21-18-15-12-9-3)68(67-79-81(76,77)78-66-65-73(4,5)6)72-70(74)63-60-57-54-51-48-45-42-40-31-29-26-23-20-17-14-11-8-2/h19-20,22-23,28-31,42,45,51,54,59,62,68-69H,7-18,21,24-27,32-41,43-44,46-50,52-53,55-58,60-61,63-67H2,1-6H3,(H-,72,74,76,77)/p+1/b22-19-,23-20-,30-28-,31-29-,45-42-,54-51-,62-59-. The molecule has 81 heavy (non-hydrogen) atoms. The summed E-state index contributed by atoms with van der Waals surface area (Å²) in [7, 11) is 1.46. The van der Waals surface area contributed by atoms with Gasteiger partial charge in [0.25, 0.3) is 0 Å². The first-order valence-corrected chi connectivity index (χ1v) is 35.4. The zero-order valence-corrected chi connectivity index (χ0v) is 54.7. The van der Waals surface area contributed by atoms with E-state index in [2.05, 4.69) is 99.0 Å². The summed E-state index contributed by atoms with van der Waals surface area (Å²) in [6, 6.07) is -0.880. The molecule has 0 aliphatic heterocycles. The van der Waals surface area contributed by atoms with Crippen molar-refractivity contribution in [1.82, 2.24) is 5.32 Å². The summed E-state index contributed by atoms with van der Waals surface area (Å²) in [6.45, 7) is 6.94. The first-order valence-electron chi connectivity index (χ1n) is 33.9. The van der Waals surface area contributed by atoms with Crippen molar-refractivity contribution >= 4 is 19.7 Å². The van der Waals surface area contributed by atoms with Gasteiger partial charge in [-0.05, 0) is 102 Å². The average Bonchev–Trinajstić information content (AvgIpc) is 3.44. The number of quaternary nitrogens is 1. The summed E-state index contributed by atoms with van der Waals surface area (Å²) >= 11 is 0.